The van der Waals surface area contributed by atoms with Gasteiger partial charge in [-0.15, -0.1) is 0 Å². The Morgan fingerprint density at radius 1 is 1.00 bits per heavy atom. The van der Waals surface area contributed by atoms with Crippen LogP contribution in [0.3, 0.4) is 0 Å². The first-order valence-corrected chi connectivity index (χ1v) is 7.79. The third-order valence-electron chi connectivity index (χ3n) is 3.96. The summed E-state index contributed by atoms with van der Waals surface area (Å²) in [7, 11) is 3.51. The van der Waals surface area contributed by atoms with Crippen molar-refractivity contribution in [1.29, 1.82) is 0 Å². The van der Waals surface area contributed by atoms with E-state index in [0.29, 0.717) is 17.1 Å². The summed E-state index contributed by atoms with van der Waals surface area (Å²) in [6.45, 7) is 5.88. The highest BCUT2D eigenvalue weighted by Crippen LogP contribution is 2.28. The van der Waals surface area contributed by atoms with E-state index in [-0.39, 0.29) is 5.91 Å². The van der Waals surface area contributed by atoms with Crippen LogP contribution in [0.2, 0.25) is 0 Å². The molecule has 5 heteroatoms. The number of fused-ring (bicyclic) bond motifs is 1. The van der Waals surface area contributed by atoms with Crippen LogP contribution in [0.25, 0.3) is 22.2 Å². The van der Waals surface area contributed by atoms with Gasteiger partial charge in [0.1, 0.15) is 5.82 Å². The minimum absolute atomic E-state index is 0.0383. The maximum atomic E-state index is 12.7. The zero-order valence-electron chi connectivity index (χ0n) is 14.6. The second kappa shape index (κ2) is 6.00. The minimum atomic E-state index is -0.0383. The Hall–Kier alpha value is -2.82. The van der Waals surface area contributed by atoms with Crippen LogP contribution in [0, 0.1) is 20.8 Å². The van der Waals surface area contributed by atoms with E-state index in [9.17, 15) is 4.79 Å². The predicted molar refractivity (Wildman–Crippen MR) is 95.0 cm³/mol. The fourth-order valence-corrected chi connectivity index (χ4v) is 2.84. The smallest absolute Gasteiger partial charge is 0.254 e. The second-order valence-corrected chi connectivity index (χ2v) is 6.25. The molecule has 24 heavy (non-hydrogen) atoms. The van der Waals surface area contributed by atoms with Crippen molar-refractivity contribution in [3.8, 4) is 11.3 Å². The van der Waals surface area contributed by atoms with E-state index >= 15 is 0 Å². The molecule has 5 nitrogen and oxygen atoms in total. The van der Waals surface area contributed by atoms with Crippen molar-refractivity contribution >= 4 is 16.8 Å². The van der Waals surface area contributed by atoms with Crippen LogP contribution in [0.15, 0.2) is 30.6 Å². The van der Waals surface area contributed by atoms with Gasteiger partial charge in [0.05, 0.1) is 16.8 Å². The summed E-state index contributed by atoms with van der Waals surface area (Å²) in [6.07, 6.45) is 3.48. The molecule has 0 fully saturated rings. The molecule has 0 saturated heterocycles. The van der Waals surface area contributed by atoms with E-state index in [0.717, 1.165) is 27.6 Å². The van der Waals surface area contributed by atoms with Gasteiger partial charge >= 0.3 is 0 Å². The summed E-state index contributed by atoms with van der Waals surface area (Å²) in [4.78, 5) is 27.5. The van der Waals surface area contributed by atoms with E-state index in [1.165, 1.54) is 0 Å². The first-order valence-electron chi connectivity index (χ1n) is 7.79. The number of nitrogens with zero attached hydrogens (tertiary/aromatic N) is 4. The Balaban J connectivity index is 2.33. The number of hydrogen-bond acceptors (Lipinski definition) is 4. The molecule has 0 bridgehead atoms. The van der Waals surface area contributed by atoms with Gasteiger partial charge in [0.15, 0.2) is 0 Å². The van der Waals surface area contributed by atoms with Crippen LogP contribution in [0.1, 0.15) is 27.3 Å². The predicted octanol–water partition coefficient (Wildman–Crippen LogP) is 3.32. The van der Waals surface area contributed by atoms with E-state index in [2.05, 4.69) is 16.0 Å². The molecule has 3 aromatic rings. The summed E-state index contributed by atoms with van der Waals surface area (Å²) in [5, 5.41) is 0.899. The van der Waals surface area contributed by atoms with Gasteiger partial charge in [0.25, 0.3) is 5.91 Å². The highest BCUT2D eigenvalue weighted by atomic mass is 16.2. The van der Waals surface area contributed by atoms with E-state index < -0.39 is 0 Å². The standard InChI is InChI=1S/C19H20N4O/c1-11-6-12(2)18-15(19(24)23(4)5)8-16(22-17(18)7-11)14-9-20-13(3)21-10-14/h6-10H,1-5H3. The fourth-order valence-electron chi connectivity index (χ4n) is 2.84. The summed E-state index contributed by atoms with van der Waals surface area (Å²) >= 11 is 0. The van der Waals surface area contributed by atoms with Crippen molar-refractivity contribution in [2.45, 2.75) is 20.8 Å². The molecule has 2 heterocycles. The number of pyridine rings is 1. The number of aromatic nitrogens is 3. The monoisotopic (exact) mass is 320 g/mol. The zero-order valence-corrected chi connectivity index (χ0v) is 14.6. The molecule has 0 saturated carbocycles. The van der Waals surface area contributed by atoms with Gasteiger partial charge in [-0.1, -0.05) is 6.07 Å². The average molecular weight is 320 g/mol. The van der Waals surface area contributed by atoms with Crippen LogP contribution >= 0.6 is 0 Å². The topological polar surface area (TPSA) is 59.0 Å². The lowest BCUT2D eigenvalue weighted by molar-refractivity contribution is 0.0829. The van der Waals surface area contributed by atoms with Gasteiger partial charge in [-0.05, 0) is 44.0 Å². The number of carbonyl (C=O) groups is 1. The van der Waals surface area contributed by atoms with Gasteiger partial charge < -0.3 is 4.90 Å². The molecule has 3 rings (SSSR count). The number of hydrogen-bond donors (Lipinski definition) is 0. The molecule has 0 atom stereocenters. The molecule has 0 unspecified atom stereocenters. The van der Waals surface area contributed by atoms with Crippen molar-refractivity contribution in [3.05, 3.63) is 53.1 Å². The zero-order chi connectivity index (χ0) is 17.4. The summed E-state index contributed by atoms with van der Waals surface area (Å²) in [5.41, 5.74) is 5.14. The van der Waals surface area contributed by atoms with E-state index in [1.807, 2.05) is 32.9 Å². The molecule has 0 radical (unpaired) electrons. The third kappa shape index (κ3) is 2.85. The quantitative estimate of drug-likeness (QED) is 0.727. The summed E-state index contributed by atoms with van der Waals surface area (Å²) in [5.74, 6) is 0.666. The fraction of sp³-hybridized carbons (Fsp3) is 0.263. The lowest BCUT2D eigenvalue weighted by atomic mass is 9.99. The Bertz CT molecular complexity index is 930. The molecular weight excluding hydrogens is 300 g/mol. The highest BCUT2D eigenvalue weighted by Gasteiger charge is 2.17. The lowest BCUT2D eigenvalue weighted by Gasteiger charge is -2.16. The number of carbonyl (C=O) groups excluding carboxylic acids is 1. The van der Waals surface area contributed by atoms with Gasteiger partial charge in [-0.25, -0.2) is 15.0 Å². The van der Waals surface area contributed by atoms with Gasteiger partial charge in [0.2, 0.25) is 0 Å². The maximum absolute atomic E-state index is 12.7. The molecule has 0 aliphatic heterocycles. The van der Waals surface area contributed by atoms with Gasteiger partial charge in [-0.2, -0.15) is 0 Å². The number of aryl methyl sites for hydroxylation is 3. The van der Waals surface area contributed by atoms with E-state index in [4.69, 9.17) is 4.98 Å². The molecule has 0 spiro atoms. The van der Waals surface area contributed by atoms with Crippen molar-refractivity contribution in [1.82, 2.24) is 19.9 Å². The molecule has 0 aliphatic rings. The largest absolute Gasteiger partial charge is 0.345 e. The summed E-state index contributed by atoms with van der Waals surface area (Å²) in [6, 6.07) is 5.92. The van der Waals surface area contributed by atoms with Crippen LogP contribution in [0.4, 0.5) is 0 Å². The van der Waals surface area contributed by atoms with Crippen LogP contribution < -0.4 is 0 Å². The number of rotatable bonds is 2. The van der Waals surface area contributed by atoms with Crippen molar-refractivity contribution in [3.63, 3.8) is 0 Å². The SMILES string of the molecule is Cc1cc(C)c2c(C(=O)N(C)C)cc(-c3cnc(C)nc3)nc2c1. The van der Waals surface area contributed by atoms with Crippen LogP contribution in [0.5, 0.6) is 0 Å². The molecule has 1 aromatic carbocycles. The second-order valence-electron chi connectivity index (χ2n) is 6.25. The average Bonchev–Trinajstić information content (AvgIpc) is 2.53. The molecule has 1 amide bonds. The minimum Gasteiger partial charge on any atom is -0.345 e. The normalized spacial score (nSPS) is 10.9. The van der Waals surface area contributed by atoms with Crippen molar-refractivity contribution < 1.29 is 4.79 Å². The first kappa shape index (κ1) is 16.1. The molecule has 0 N–H and O–H groups in total. The van der Waals surface area contributed by atoms with Gasteiger partial charge in [0, 0.05) is 37.4 Å². The van der Waals surface area contributed by atoms with E-state index in [1.54, 1.807) is 31.4 Å². The van der Waals surface area contributed by atoms with Crippen molar-refractivity contribution in [2.75, 3.05) is 14.1 Å². The molecule has 0 aliphatic carbocycles. The van der Waals surface area contributed by atoms with Crippen LogP contribution in [-0.2, 0) is 0 Å². The Kier molecular flexibility index (Phi) is 4.01. The maximum Gasteiger partial charge on any atom is 0.254 e. The highest BCUT2D eigenvalue weighted by molar-refractivity contribution is 6.08. The molecule has 122 valence electrons. The number of amides is 1. The first-order chi connectivity index (χ1) is 11.4. The Morgan fingerprint density at radius 3 is 2.29 bits per heavy atom. The third-order valence-corrected chi connectivity index (χ3v) is 3.96. The summed E-state index contributed by atoms with van der Waals surface area (Å²) < 4.78 is 0. The van der Waals surface area contributed by atoms with Crippen LogP contribution in [-0.4, -0.2) is 39.9 Å². The molecule has 2 aromatic heterocycles. The van der Waals surface area contributed by atoms with Crippen molar-refractivity contribution in [2.24, 2.45) is 0 Å². The molecular formula is C19H20N4O. The Morgan fingerprint density at radius 2 is 1.67 bits per heavy atom. The Labute approximate surface area is 141 Å². The lowest BCUT2D eigenvalue weighted by Crippen LogP contribution is -2.22. The number of benzene rings is 1. The van der Waals surface area contributed by atoms with Gasteiger partial charge in [-0.3, -0.25) is 4.79 Å².